The van der Waals surface area contributed by atoms with Crippen molar-refractivity contribution in [3.8, 4) is 11.8 Å². The molecule has 0 radical (unpaired) electrons. The maximum absolute atomic E-state index is 13.7. The van der Waals surface area contributed by atoms with Gasteiger partial charge in [-0.05, 0) is 12.5 Å². The molecular formula is C18H20F3N3O3S. The van der Waals surface area contributed by atoms with E-state index < -0.39 is 17.5 Å². The fraction of sp³-hybridized carbons (Fsp3) is 0.444. The molecule has 0 bridgehead atoms. The molecule has 0 aliphatic carbocycles. The Morgan fingerprint density at radius 1 is 1.04 bits per heavy atom. The topological polar surface area (TPSA) is 56.7 Å². The van der Waals surface area contributed by atoms with E-state index >= 15 is 0 Å². The Labute approximate surface area is 166 Å². The van der Waals surface area contributed by atoms with E-state index in [1.54, 1.807) is 6.07 Å². The van der Waals surface area contributed by atoms with Crippen LogP contribution < -0.4 is 14.4 Å². The number of ether oxygens (including phenoxy) is 3. The molecule has 0 amide bonds. The molecule has 0 unspecified atom stereocenters. The Bertz CT molecular complexity index is 821. The van der Waals surface area contributed by atoms with Gasteiger partial charge in [0.25, 0.3) is 0 Å². The van der Waals surface area contributed by atoms with Gasteiger partial charge in [0.2, 0.25) is 17.7 Å². The van der Waals surface area contributed by atoms with Crippen molar-refractivity contribution in [2.24, 2.45) is 0 Å². The summed E-state index contributed by atoms with van der Waals surface area (Å²) in [4.78, 5) is 10.6. The molecule has 1 aromatic carbocycles. The highest BCUT2D eigenvalue weighted by Gasteiger charge is 2.33. The standard InChI is InChI=1S/C18H20F3N3O3S/c1-25-16-6-17(26-2)23-18(22-16)24-7-12(28)4-11(24)9-27-8-10-3-14(20)15(21)5-13(10)19/h3,5-6,11-12,28H,4,7-9H2,1-2H3/t11-,12+/m0/s1. The second-order valence-electron chi connectivity index (χ2n) is 6.32. The highest BCUT2D eigenvalue weighted by atomic mass is 32.1. The van der Waals surface area contributed by atoms with Gasteiger partial charge in [-0.25, -0.2) is 13.2 Å². The molecule has 10 heteroatoms. The number of aromatic nitrogens is 2. The summed E-state index contributed by atoms with van der Waals surface area (Å²) in [6, 6.07) is 2.74. The van der Waals surface area contributed by atoms with Crippen LogP contribution in [0.5, 0.6) is 11.8 Å². The van der Waals surface area contributed by atoms with Crippen molar-refractivity contribution in [3.05, 3.63) is 41.2 Å². The molecule has 2 aromatic rings. The quantitative estimate of drug-likeness (QED) is 0.554. The number of methoxy groups -OCH3 is 2. The minimum Gasteiger partial charge on any atom is -0.481 e. The number of anilines is 1. The second kappa shape index (κ2) is 8.87. The van der Waals surface area contributed by atoms with Crippen LogP contribution in [-0.4, -0.2) is 48.6 Å². The summed E-state index contributed by atoms with van der Waals surface area (Å²) in [7, 11) is 2.99. The normalized spacial score (nSPS) is 19.1. The van der Waals surface area contributed by atoms with E-state index in [1.165, 1.54) is 14.2 Å². The Hall–Kier alpha value is -2.20. The molecule has 1 fully saturated rings. The average molecular weight is 415 g/mol. The van der Waals surface area contributed by atoms with Gasteiger partial charge in [0, 0.05) is 23.4 Å². The van der Waals surface area contributed by atoms with E-state index in [-0.39, 0.29) is 30.1 Å². The first-order valence-electron chi connectivity index (χ1n) is 8.54. The van der Waals surface area contributed by atoms with Gasteiger partial charge in [-0.2, -0.15) is 22.6 Å². The summed E-state index contributed by atoms with van der Waals surface area (Å²) in [6.07, 6.45) is 0.687. The number of benzene rings is 1. The predicted molar refractivity (Wildman–Crippen MR) is 99.6 cm³/mol. The maximum Gasteiger partial charge on any atom is 0.232 e. The maximum atomic E-state index is 13.7. The summed E-state index contributed by atoms with van der Waals surface area (Å²) < 4.78 is 56.0. The van der Waals surface area contributed by atoms with Crippen LogP contribution in [0.4, 0.5) is 19.1 Å². The molecule has 0 saturated carbocycles. The van der Waals surface area contributed by atoms with Crippen molar-refractivity contribution >= 4 is 18.6 Å². The van der Waals surface area contributed by atoms with E-state index in [1.807, 2.05) is 4.90 Å². The molecule has 2 atom stereocenters. The third-order valence-corrected chi connectivity index (χ3v) is 4.77. The third-order valence-electron chi connectivity index (χ3n) is 4.39. The van der Waals surface area contributed by atoms with Gasteiger partial charge < -0.3 is 19.1 Å². The first kappa shape index (κ1) is 20.5. The Morgan fingerprint density at radius 2 is 1.68 bits per heavy atom. The fourth-order valence-electron chi connectivity index (χ4n) is 3.00. The summed E-state index contributed by atoms with van der Waals surface area (Å²) in [5.41, 5.74) is -0.0508. The Balaban J connectivity index is 1.70. The molecule has 2 heterocycles. The van der Waals surface area contributed by atoms with Gasteiger partial charge in [-0.15, -0.1) is 0 Å². The van der Waals surface area contributed by atoms with Crippen molar-refractivity contribution in [3.63, 3.8) is 0 Å². The number of hydrogen-bond donors (Lipinski definition) is 1. The summed E-state index contributed by atoms with van der Waals surface area (Å²) >= 11 is 4.53. The largest absolute Gasteiger partial charge is 0.481 e. The second-order valence-corrected chi connectivity index (χ2v) is 7.05. The SMILES string of the molecule is COc1cc(OC)nc(N2C[C@H](S)C[C@H]2COCc2cc(F)c(F)cc2F)n1. The highest BCUT2D eigenvalue weighted by Crippen LogP contribution is 2.29. The number of thiol groups is 1. The van der Waals surface area contributed by atoms with Crippen molar-refractivity contribution in [2.75, 3.05) is 32.3 Å². The van der Waals surface area contributed by atoms with Gasteiger partial charge >= 0.3 is 0 Å². The number of nitrogens with zero attached hydrogens (tertiary/aromatic N) is 3. The van der Waals surface area contributed by atoms with Crippen LogP contribution in [0, 0.1) is 17.5 Å². The molecule has 1 saturated heterocycles. The lowest BCUT2D eigenvalue weighted by Gasteiger charge is -2.25. The lowest BCUT2D eigenvalue weighted by atomic mass is 10.2. The lowest BCUT2D eigenvalue weighted by molar-refractivity contribution is 0.106. The fourth-order valence-corrected chi connectivity index (χ4v) is 3.42. The summed E-state index contributed by atoms with van der Waals surface area (Å²) in [5, 5.41) is 0.0643. The van der Waals surface area contributed by atoms with Crippen LogP contribution in [0.25, 0.3) is 0 Å². The van der Waals surface area contributed by atoms with Crippen LogP contribution in [-0.2, 0) is 11.3 Å². The Kier molecular flexibility index (Phi) is 6.50. The molecule has 152 valence electrons. The van der Waals surface area contributed by atoms with Gasteiger partial charge in [0.05, 0.1) is 39.5 Å². The summed E-state index contributed by atoms with van der Waals surface area (Å²) in [6.45, 7) is 0.596. The first-order chi connectivity index (χ1) is 13.4. The number of halogens is 3. The molecule has 1 aromatic heterocycles. The van der Waals surface area contributed by atoms with Gasteiger partial charge in [0.15, 0.2) is 11.6 Å². The molecular weight excluding hydrogens is 395 g/mol. The smallest absolute Gasteiger partial charge is 0.232 e. The lowest BCUT2D eigenvalue weighted by Crippen LogP contribution is -2.34. The van der Waals surface area contributed by atoms with E-state index in [0.717, 1.165) is 6.07 Å². The van der Waals surface area contributed by atoms with E-state index in [2.05, 4.69) is 22.6 Å². The van der Waals surface area contributed by atoms with Crippen LogP contribution in [0.1, 0.15) is 12.0 Å². The molecule has 3 rings (SSSR count). The van der Waals surface area contributed by atoms with Crippen molar-refractivity contribution in [2.45, 2.75) is 24.3 Å². The van der Waals surface area contributed by atoms with Gasteiger partial charge in [-0.1, -0.05) is 0 Å². The number of hydrogen-bond acceptors (Lipinski definition) is 7. The molecule has 28 heavy (non-hydrogen) atoms. The van der Waals surface area contributed by atoms with E-state index in [4.69, 9.17) is 14.2 Å². The third kappa shape index (κ3) is 4.61. The van der Waals surface area contributed by atoms with Crippen molar-refractivity contribution in [1.29, 1.82) is 0 Å². The number of rotatable bonds is 7. The zero-order valence-corrected chi connectivity index (χ0v) is 16.3. The predicted octanol–water partition coefficient (Wildman–Crippen LogP) is 3.01. The van der Waals surface area contributed by atoms with Gasteiger partial charge in [0.1, 0.15) is 5.82 Å². The van der Waals surface area contributed by atoms with Crippen LogP contribution in [0.3, 0.4) is 0 Å². The zero-order valence-electron chi connectivity index (χ0n) is 15.4. The minimum atomic E-state index is -1.23. The van der Waals surface area contributed by atoms with Crippen LogP contribution in [0.15, 0.2) is 18.2 Å². The Morgan fingerprint density at radius 3 is 2.32 bits per heavy atom. The van der Waals surface area contributed by atoms with Crippen LogP contribution >= 0.6 is 12.6 Å². The van der Waals surface area contributed by atoms with Crippen molar-refractivity contribution in [1.82, 2.24) is 9.97 Å². The highest BCUT2D eigenvalue weighted by molar-refractivity contribution is 7.81. The van der Waals surface area contributed by atoms with Crippen molar-refractivity contribution < 1.29 is 27.4 Å². The molecule has 6 nitrogen and oxygen atoms in total. The average Bonchev–Trinajstić information content (AvgIpc) is 3.05. The zero-order chi connectivity index (χ0) is 20.3. The minimum absolute atomic E-state index is 0.0508. The monoisotopic (exact) mass is 415 g/mol. The molecule has 0 N–H and O–H groups in total. The summed E-state index contributed by atoms with van der Waals surface area (Å²) in [5.74, 6) is -2.09. The molecule has 1 aliphatic rings. The van der Waals surface area contributed by atoms with Gasteiger partial charge in [-0.3, -0.25) is 0 Å². The molecule has 1 aliphatic heterocycles. The van der Waals surface area contributed by atoms with E-state index in [9.17, 15) is 13.2 Å². The van der Waals surface area contributed by atoms with Crippen LogP contribution in [0.2, 0.25) is 0 Å². The first-order valence-corrected chi connectivity index (χ1v) is 9.05. The molecule has 0 spiro atoms. The van der Waals surface area contributed by atoms with E-state index in [0.29, 0.717) is 36.7 Å².